The molecule has 0 atom stereocenters. The average molecular weight is 381 g/mol. The highest BCUT2D eigenvalue weighted by molar-refractivity contribution is 6.13. The van der Waals surface area contributed by atoms with Gasteiger partial charge in [0, 0.05) is 37.6 Å². The number of nitrogens with zero attached hydrogens (tertiary/aromatic N) is 2. The van der Waals surface area contributed by atoms with Crippen LogP contribution in [0.15, 0.2) is 48.5 Å². The van der Waals surface area contributed by atoms with E-state index < -0.39 is 5.41 Å². The lowest BCUT2D eigenvalue weighted by molar-refractivity contribution is -0.142. The summed E-state index contributed by atoms with van der Waals surface area (Å²) in [6, 6.07) is 14.0. The van der Waals surface area contributed by atoms with Crippen LogP contribution in [0.1, 0.15) is 18.4 Å². The van der Waals surface area contributed by atoms with Crippen molar-refractivity contribution in [1.82, 2.24) is 4.90 Å². The van der Waals surface area contributed by atoms with Crippen molar-refractivity contribution in [3.63, 3.8) is 0 Å². The molecule has 0 bridgehead atoms. The van der Waals surface area contributed by atoms with Crippen LogP contribution in [0.25, 0.3) is 0 Å². The van der Waals surface area contributed by atoms with Crippen molar-refractivity contribution >= 4 is 23.2 Å². The van der Waals surface area contributed by atoms with Crippen LogP contribution < -0.4 is 10.2 Å². The van der Waals surface area contributed by atoms with Crippen molar-refractivity contribution in [3.05, 3.63) is 59.9 Å². The molecule has 1 saturated heterocycles. The molecule has 2 aliphatic rings. The molecule has 1 N–H and O–H groups in total. The maximum atomic E-state index is 13.1. The Morgan fingerprint density at radius 3 is 2.29 bits per heavy atom. The standard InChI is InChI=1S/C22H24FN3O2/c1-16-3-2-4-19(15-16)25-11-13-26(14-12-25)21(28)22(9-10-22)20(27)24-18-7-5-17(23)6-8-18/h2-8,15H,9-14H2,1H3,(H,24,27). The maximum absolute atomic E-state index is 13.1. The second-order valence-corrected chi connectivity index (χ2v) is 7.66. The number of carbonyl (C=O) groups excluding carboxylic acids is 2. The molecule has 0 radical (unpaired) electrons. The number of aryl methyl sites for hydroxylation is 1. The summed E-state index contributed by atoms with van der Waals surface area (Å²) in [5.74, 6) is -0.733. The van der Waals surface area contributed by atoms with E-state index >= 15 is 0 Å². The van der Waals surface area contributed by atoms with Gasteiger partial charge in [-0.05, 0) is 61.7 Å². The van der Waals surface area contributed by atoms with Crippen LogP contribution in [0, 0.1) is 18.2 Å². The van der Waals surface area contributed by atoms with Crippen LogP contribution >= 0.6 is 0 Å². The zero-order valence-corrected chi connectivity index (χ0v) is 16.0. The lowest BCUT2D eigenvalue weighted by Crippen LogP contribution is -2.52. The van der Waals surface area contributed by atoms with E-state index in [4.69, 9.17) is 0 Å². The number of halogens is 1. The predicted octanol–water partition coefficient (Wildman–Crippen LogP) is 3.20. The van der Waals surface area contributed by atoms with Crippen molar-refractivity contribution in [2.75, 3.05) is 36.4 Å². The zero-order valence-electron chi connectivity index (χ0n) is 16.0. The van der Waals surface area contributed by atoms with Gasteiger partial charge in [-0.3, -0.25) is 9.59 Å². The summed E-state index contributed by atoms with van der Waals surface area (Å²) in [5.41, 5.74) is 1.93. The van der Waals surface area contributed by atoms with Crippen molar-refractivity contribution in [2.24, 2.45) is 5.41 Å². The smallest absolute Gasteiger partial charge is 0.240 e. The molecule has 2 aromatic carbocycles. The van der Waals surface area contributed by atoms with Crippen molar-refractivity contribution in [3.8, 4) is 0 Å². The van der Waals surface area contributed by atoms with Crippen molar-refractivity contribution < 1.29 is 14.0 Å². The first-order valence-electron chi connectivity index (χ1n) is 9.66. The second-order valence-electron chi connectivity index (χ2n) is 7.66. The number of hydrogen-bond donors (Lipinski definition) is 1. The number of hydrogen-bond acceptors (Lipinski definition) is 3. The Balaban J connectivity index is 1.38. The van der Waals surface area contributed by atoms with E-state index in [-0.39, 0.29) is 17.6 Å². The Kier molecular flexibility index (Phi) is 4.79. The summed E-state index contributed by atoms with van der Waals surface area (Å²) >= 11 is 0. The van der Waals surface area contributed by atoms with Crippen LogP contribution in [0.4, 0.5) is 15.8 Å². The Morgan fingerprint density at radius 1 is 1.00 bits per heavy atom. The second kappa shape index (κ2) is 7.26. The lowest BCUT2D eigenvalue weighted by atomic mass is 10.0. The summed E-state index contributed by atoms with van der Waals surface area (Å²) in [4.78, 5) is 29.9. The first kappa shape index (κ1) is 18.5. The van der Waals surface area contributed by atoms with Gasteiger partial charge in [-0.1, -0.05) is 12.1 Å². The van der Waals surface area contributed by atoms with Crippen molar-refractivity contribution in [1.29, 1.82) is 0 Å². The average Bonchev–Trinajstić information content (AvgIpc) is 3.51. The van der Waals surface area contributed by atoms with Gasteiger partial charge in [0.1, 0.15) is 11.2 Å². The fourth-order valence-corrected chi connectivity index (χ4v) is 3.74. The quantitative estimate of drug-likeness (QED) is 0.828. The number of carbonyl (C=O) groups is 2. The molecule has 2 fully saturated rings. The van der Waals surface area contributed by atoms with Gasteiger partial charge in [-0.2, -0.15) is 0 Å². The Morgan fingerprint density at radius 2 is 1.68 bits per heavy atom. The highest BCUT2D eigenvalue weighted by atomic mass is 19.1. The largest absolute Gasteiger partial charge is 0.368 e. The SMILES string of the molecule is Cc1cccc(N2CCN(C(=O)C3(C(=O)Nc4ccc(F)cc4)CC3)CC2)c1. The fourth-order valence-electron chi connectivity index (χ4n) is 3.74. The summed E-state index contributed by atoms with van der Waals surface area (Å²) in [5, 5.41) is 2.77. The molecule has 2 aromatic rings. The summed E-state index contributed by atoms with van der Waals surface area (Å²) < 4.78 is 13.0. The molecule has 0 unspecified atom stereocenters. The molecule has 28 heavy (non-hydrogen) atoms. The number of amides is 2. The minimum Gasteiger partial charge on any atom is -0.368 e. The van der Waals surface area contributed by atoms with Gasteiger partial charge in [-0.25, -0.2) is 4.39 Å². The Bertz CT molecular complexity index is 885. The van der Waals surface area contributed by atoms with Crippen LogP contribution in [-0.4, -0.2) is 42.9 Å². The van der Waals surface area contributed by atoms with Crippen LogP contribution in [0.5, 0.6) is 0 Å². The molecule has 146 valence electrons. The minimum atomic E-state index is -0.958. The molecule has 0 aromatic heterocycles. The molecule has 1 saturated carbocycles. The topological polar surface area (TPSA) is 52.7 Å². The summed E-state index contributed by atoms with van der Waals surface area (Å²) in [6.07, 6.45) is 1.13. The van der Waals surface area contributed by atoms with E-state index in [1.54, 1.807) is 0 Å². The first-order chi connectivity index (χ1) is 13.5. The van der Waals surface area contributed by atoms with Gasteiger partial charge in [0.2, 0.25) is 11.8 Å². The number of rotatable bonds is 4. The lowest BCUT2D eigenvalue weighted by Gasteiger charge is -2.37. The Labute approximate surface area is 164 Å². The van der Waals surface area contributed by atoms with E-state index in [2.05, 4.69) is 35.3 Å². The van der Waals surface area contributed by atoms with E-state index in [9.17, 15) is 14.0 Å². The normalized spacial score (nSPS) is 17.9. The van der Waals surface area contributed by atoms with E-state index in [0.717, 1.165) is 13.1 Å². The maximum Gasteiger partial charge on any atom is 0.240 e. The Hall–Kier alpha value is -2.89. The third kappa shape index (κ3) is 3.59. The molecule has 1 heterocycles. The van der Waals surface area contributed by atoms with Gasteiger partial charge in [0.15, 0.2) is 0 Å². The van der Waals surface area contributed by atoms with Gasteiger partial charge in [-0.15, -0.1) is 0 Å². The zero-order chi connectivity index (χ0) is 19.7. The number of benzene rings is 2. The summed E-state index contributed by atoms with van der Waals surface area (Å²) in [6.45, 7) is 4.80. The number of anilines is 2. The van der Waals surface area contributed by atoms with Gasteiger partial charge < -0.3 is 15.1 Å². The minimum absolute atomic E-state index is 0.0870. The molecule has 2 amide bonds. The molecule has 6 heteroatoms. The number of nitrogens with one attached hydrogen (secondary N) is 1. The van der Waals surface area contributed by atoms with Gasteiger partial charge in [0.05, 0.1) is 0 Å². The third-order valence-corrected chi connectivity index (χ3v) is 5.63. The van der Waals surface area contributed by atoms with E-state index in [1.165, 1.54) is 35.5 Å². The third-order valence-electron chi connectivity index (χ3n) is 5.63. The summed E-state index contributed by atoms with van der Waals surface area (Å²) in [7, 11) is 0. The van der Waals surface area contributed by atoms with Gasteiger partial charge >= 0.3 is 0 Å². The van der Waals surface area contributed by atoms with Crippen LogP contribution in [-0.2, 0) is 9.59 Å². The number of piperazine rings is 1. The van der Waals surface area contributed by atoms with Crippen LogP contribution in [0.2, 0.25) is 0 Å². The molecule has 1 aliphatic heterocycles. The molecule has 0 spiro atoms. The monoisotopic (exact) mass is 381 g/mol. The first-order valence-corrected chi connectivity index (χ1v) is 9.66. The highest BCUT2D eigenvalue weighted by Gasteiger charge is 2.58. The fraction of sp³-hybridized carbons (Fsp3) is 0.364. The van der Waals surface area contributed by atoms with Crippen molar-refractivity contribution in [2.45, 2.75) is 19.8 Å². The van der Waals surface area contributed by atoms with E-state index in [0.29, 0.717) is 31.6 Å². The molecule has 5 nitrogen and oxygen atoms in total. The molecule has 1 aliphatic carbocycles. The highest BCUT2D eigenvalue weighted by Crippen LogP contribution is 2.48. The van der Waals surface area contributed by atoms with Crippen LogP contribution in [0.3, 0.4) is 0 Å². The predicted molar refractivity (Wildman–Crippen MR) is 107 cm³/mol. The van der Waals surface area contributed by atoms with Gasteiger partial charge in [0.25, 0.3) is 0 Å². The molecular formula is C22H24FN3O2. The van der Waals surface area contributed by atoms with E-state index in [1.807, 2.05) is 11.0 Å². The molecule has 4 rings (SSSR count). The molecular weight excluding hydrogens is 357 g/mol.